The van der Waals surface area contributed by atoms with Crippen molar-refractivity contribution in [1.82, 2.24) is 9.88 Å². The van der Waals surface area contributed by atoms with E-state index in [9.17, 15) is 14.7 Å². The second kappa shape index (κ2) is 10.9. The number of hydrogen-bond donors (Lipinski definition) is 2. The topological polar surface area (TPSA) is 115 Å². The Labute approximate surface area is 251 Å². The first-order valence-corrected chi connectivity index (χ1v) is 14.8. The van der Waals surface area contributed by atoms with Gasteiger partial charge in [-0.15, -0.1) is 0 Å². The second-order valence-corrected chi connectivity index (χ2v) is 12.6. The molecule has 0 unspecified atom stereocenters. The molecule has 1 aromatic heterocycles. The first kappa shape index (κ1) is 28.5. The van der Waals surface area contributed by atoms with Crippen molar-refractivity contribution in [2.24, 2.45) is 0 Å². The van der Waals surface area contributed by atoms with Crippen LogP contribution in [0.1, 0.15) is 62.8 Å². The summed E-state index contributed by atoms with van der Waals surface area (Å²) in [4.78, 5) is 30.5. The van der Waals surface area contributed by atoms with Crippen molar-refractivity contribution < 1.29 is 24.2 Å². The fourth-order valence-corrected chi connectivity index (χ4v) is 6.64. The second-order valence-electron chi connectivity index (χ2n) is 12.6. The molecule has 0 radical (unpaired) electrons. The molecule has 2 heterocycles. The van der Waals surface area contributed by atoms with Gasteiger partial charge < -0.3 is 25.2 Å². The molecule has 6 rings (SSSR count). The molecule has 1 fully saturated rings. The number of carboxylic acids is 1. The number of piperidine rings is 1. The van der Waals surface area contributed by atoms with Crippen molar-refractivity contribution in [2.75, 3.05) is 18.8 Å². The Bertz CT molecular complexity index is 1700. The van der Waals surface area contributed by atoms with E-state index < -0.39 is 11.6 Å². The predicted octanol–water partition coefficient (Wildman–Crippen LogP) is 6.90. The fourth-order valence-electron chi connectivity index (χ4n) is 6.64. The number of anilines is 1. The van der Waals surface area contributed by atoms with Crippen molar-refractivity contribution >= 4 is 28.7 Å². The van der Waals surface area contributed by atoms with Gasteiger partial charge in [-0.1, -0.05) is 48.5 Å². The van der Waals surface area contributed by atoms with Gasteiger partial charge in [0.2, 0.25) is 0 Å². The number of pyridine rings is 1. The van der Waals surface area contributed by atoms with Crippen molar-refractivity contribution in [3.05, 3.63) is 89.6 Å². The summed E-state index contributed by atoms with van der Waals surface area (Å²) < 4.78 is 12.4. The number of para-hydroxylation sites is 1. The van der Waals surface area contributed by atoms with E-state index >= 15 is 0 Å². The highest BCUT2D eigenvalue weighted by atomic mass is 16.6. The Morgan fingerprint density at radius 1 is 1.02 bits per heavy atom. The molecule has 0 saturated carbocycles. The number of likely N-dealkylation sites (tertiary alicyclic amines) is 1. The Morgan fingerprint density at radius 3 is 2.53 bits per heavy atom. The summed E-state index contributed by atoms with van der Waals surface area (Å²) in [6.45, 7) is 6.83. The van der Waals surface area contributed by atoms with Crippen LogP contribution < -0.4 is 10.5 Å². The lowest BCUT2D eigenvalue weighted by molar-refractivity contribution is -0.136. The first-order valence-electron chi connectivity index (χ1n) is 14.8. The van der Waals surface area contributed by atoms with E-state index in [2.05, 4.69) is 29.2 Å². The highest BCUT2D eigenvalue weighted by Gasteiger charge is 2.47. The minimum atomic E-state index is -0.902. The van der Waals surface area contributed by atoms with E-state index in [1.54, 1.807) is 17.2 Å². The molecular weight excluding hydrogens is 542 g/mol. The zero-order chi connectivity index (χ0) is 30.4. The number of carbonyl (C=O) groups is 2. The minimum Gasteiger partial charge on any atom is -0.485 e. The van der Waals surface area contributed by atoms with Gasteiger partial charge in [-0.05, 0) is 85.9 Å². The third-order valence-corrected chi connectivity index (χ3v) is 8.65. The lowest BCUT2D eigenvalue weighted by Crippen LogP contribution is -2.46. The molecule has 8 nitrogen and oxygen atoms in total. The van der Waals surface area contributed by atoms with Gasteiger partial charge in [-0.25, -0.2) is 9.78 Å². The monoisotopic (exact) mass is 579 g/mol. The smallest absolute Gasteiger partial charge is 0.410 e. The average Bonchev–Trinajstić information content (AvgIpc) is 3.25. The summed E-state index contributed by atoms with van der Waals surface area (Å²) in [6.07, 6.45) is 3.36. The molecule has 43 heavy (non-hydrogen) atoms. The zero-order valence-electron chi connectivity index (χ0n) is 24.8. The summed E-state index contributed by atoms with van der Waals surface area (Å²) in [7, 11) is 0. The number of amides is 1. The van der Waals surface area contributed by atoms with Crippen molar-refractivity contribution in [1.29, 1.82) is 0 Å². The Kier molecular flexibility index (Phi) is 7.24. The van der Waals surface area contributed by atoms with Gasteiger partial charge in [0.1, 0.15) is 23.3 Å². The van der Waals surface area contributed by atoms with Crippen LogP contribution in [-0.2, 0) is 21.4 Å². The zero-order valence-corrected chi connectivity index (χ0v) is 24.8. The number of ether oxygens (including phenoxy) is 2. The quantitative estimate of drug-likeness (QED) is 0.264. The maximum Gasteiger partial charge on any atom is 0.410 e. The maximum atomic E-state index is 12.8. The normalized spacial score (nSPS) is 17.6. The Morgan fingerprint density at radius 2 is 1.79 bits per heavy atom. The van der Waals surface area contributed by atoms with E-state index in [4.69, 9.17) is 15.2 Å². The van der Waals surface area contributed by atoms with Crippen LogP contribution in [0.25, 0.3) is 21.9 Å². The number of nitrogens with zero attached hydrogens (tertiary/aromatic N) is 2. The number of aromatic nitrogens is 1. The maximum absolute atomic E-state index is 12.8. The van der Waals surface area contributed by atoms with Gasteiger partial charge >= 0.3 is 12.1 Å². The van der Waals surface area contributed by atoms with Crippen molar-refractivity contribution in [3.63, 3.8) is 0 Å². The van der Waals surface area contributed by atoms with E-state index in [1.165, 1.54) is 5.56 Å². The highest BCUT2D eigenvalue weighted by Crippen LogP contribution is 2.53. The summed E-state index contributed by atoms with van der Waals surface area (Å²) in [5.41, 5.74) is 10.5. The SMILES string of the molecule is CC(C)(C)OC(=O)N1CCC2(CC1)C[C@@H](Oc1ccccc1CC(=O)O)c1cc(-c3cccc4c(N)nccc34)ccc12. The van der Waals surface area contributed by atoms with Crippen molar-refractivity contribution in [3.8, 4) is 16.9 Å². The van der Waals surface area contributed by atoms with Gasteiger partial charge in [0.15, 0.2) is 0 Å². The van der Waals surface area contributed by atoms with Crippen LogP contribution in [0, 0.1) is 0 Å². The Hall–Kier alpha value is -4.59. The molecule has 1 aliphatic heterocycles. The summed E-state index contributed by atoms with van der Waals surface area (Å²) >= 11 is 0. The number of hydrogen-bond acceptors (Lipinski definition) is 6. The molecule has 1 aliphatic carbocycles. The molecule has 8 heteroatoms. The molecule has 1 spiro atoms. The number of aliphatic carboxylic acids is 1. The molecule has 1 amide bonds. The van der Waals surface area contributed by atoms with Crippen LogP contribution >= 0.6 is 0 Å². The number of benzene rings is 3. The molecule has 2 aliphatic rings. The van der Waals surface area contributed by atoms with E-state index in [-0.39, 0.29) is 24.0 Å². The third-order valence-electron chi connectivity index (χ3n) is 8.65. The molecule has 1 saturated heterocycles. The van der Waals surface area contributed by atoms with Crippen LogP contribution in [0.4, 0.5) is 10.6 Å². The number of nitrogen functional groups attached to an aromatic ring is 1. The van der Waals surface area contributed by atoms with Gasteiger partial charge in [0.25, 0.3) is 0 Å². The number of nitrogens with two attached hydrogens (primary N) is 1. The summed E-state index contributed by atoms with van der Waals surface area (Å²) in [6, 6.07) is 22.0. The van der Waals surface area contributed by atoms with E-state index in [0.717, 1.165) is 46.7 Å². The van der Waals surface area contributed by atoms with Crippen molar-refractivity contribution in [2.45, 2.75) is 63.6 Å². The molecular formula is C35H37N3O5. The molecule has 0 bridgehead atoms. The van der Waals surface area contributed by atoms with Crippen LogP contribution in [-0.4, -0.2) is 45.7 Å². The molecule has 3 N–H and O–H groups in total. The fraction of sp³-hybridized carbons (Fsp3) is 0.343. The molecule has 4 aromatic rings. The molecule has 3 aromatic carbocycles. The highest BCUT2D eigenvalue weighted by molar-refractivity contribution is 6.01. The van der Waals surface area contributed by atoms with Gasteiger partial charge in [0, 0.05) is 35.7 Å². The molecule has 222 valence electrons. The molecule has 1 atom stereocenters. The third kappa shape index (κ3) is 5.61. The lowest BCUT2D eigenvalue weighted by atomic mass is 9.73. The summed E-state index contributed by atoms with van der Waals surface area (Å²) in [5, 5.41) is 11.4. The van der Waals surface area contributed by atoms with Crippen LogP contribution in [0.3, 0.4) is 0 Å². The average molecular weight is 580 g/mol. The van der Waals surface area contributed by atoms with Crippen LogP contribution in [0.15, 0.2) is 72.9 Å². The van der Waals surface area contributed by atoms with E-state index in [0.29, 0.717) is 30.2 Å². The predicted molar refractivity (Wildman–Crippen MR) is 166 cm³/mol. The van der Waals surface area contributed by atoms with Gasteiger partial charge in [-0.3, -0.25) is 4.79 Å². The van der Waals surface area contributed by atoms with Crippen LogP contribution in [0.2, 0.25) is 0 Å². The first-order chi connectivity index (χ1) is 20.5. The number of fused-ring (bicyclic) bond motifs is 3. The number of rotatable bonds is 5. The Balaban J connectivity index is 1.38. The number of carboxylic acid groups (broad SMARTS) is 1. The van der Waals surface area contributed by atoms with E-state index in [1.807, 2.05) is 57.2 Å². The van der Waals surface area contributed by atoms with Gasteiger partial charge in [-0.2, -0.15) is 0 Å². The number of carbonyl (C=O) groups excluding carboxylic acids is 1. The van der Waals surface area contributed by atoms with Gasteiger partial charge in [0.05, 0.1) is 6.42 Å². The minimum absolute atomic E-state index is 0.114. The largest absolute Gasteiger partial charge is 0.485 e. The standard InChI is InChI=1S/C35H37N3O5/c1-34(2,3)43-33(41)38-17-14-35(15-18-38)21-30(42-29-10-5-4-7-23(29)20-31(39)40)27-19-22(11-12-28(27)35)24-8-6-9-26-25(24)13-16-37-32(26)36/h4-13,16,19,30H,14-15,17-18,20-21H2,1-3H3,(H2,36,37)(H,39,40)/t30-/m1/s1. The lowest BCUT2D eigenvalue weighted by Gasteiger charge is -2.40. The summed E-state index contributed by atoms with van der Waals surface area (Å²) in [5.74, 6) is 0.173. The van der Waals surface area contributed by atoms with Crippen LogP contribution in [0.5, 0.6) is 5.75 Å².